The number of imidazole rings is 2. The summed E-state index contributed by atoms with van der Waals surface area (Å²) in [5.41, 5.74) is 9.06. The van der Waals surface area contributed by atoms with Gasteiger partial charge < -0.3 is 9.13 Å². The topological polar surface area (TPSA) is 35.6 Å². The Balaban J connectivity index is 1.22. The molecule has 38 heavy (non-hydrogen) atoms. The van der Waals surface area contributed by atoms with Gasteiger partial charge in [0, 0.05) is 24.2 Å². The van der Waals surface area contributed by atoms with Crippen LogP contribution in [0.4, 0.5) is 0 Å². The van der Waals surface area contributed by atoms with Gasteiger partial charge in [-0.3, -0.25) is 0 Å². The number of fused-ring (bicyclic) bond motifs is 2. The molecule has 182 valence electrons. The SMILES string of the molecule is c1ccc(-c2nc3ccccc3n2Cc2ccc(Cn3c(-c4ccccc4)nc4ccccc43)cc2)cc1. The Morgan fingerprint density at radius 3 is 1.18 bits per heavy atom. The predicted molar refractivity (Wildman–Crippen MR) is 155 cm³/mol. The summed E-state index contributed by atoms with van der Waals surface area (Å²) < 4.78 is 4.63. The van der Waals surface area contributed by atoms with Crippen molar-refractivity contribution in [2.24, 2.45) is 0 Å². The van der Waals surface area contributed by atoms with Crippen molar-refractivity contribution in [3.8, 4) is 22.8 Å². The molecule has 2 heterocycles. The average Bonchev–Trinajstić information content (AvgIpc) is 3.54. The lowest BCUT2D eigenvalue weighted by atomic mass is 10.1. The van der Waals surface area contributed by atoms with E-state index in [0.717, 1.165) is 57.9 Å². The molecule has 0 saturated carbocycles. The van der Waals surface area contributed by atoms with Crippen LogP contribution in [0, 0.1) is 0 Å². The molecular weight excluding hydrogens is 464 g/mol. The molecule has 0 aliphatic carbocycles. The van der Waals surface area contributed by atoms with Gasteiger partial charge >= 0.3 is 0 Å². The van der Waals surface area contributed by atoms with E-state index < -0.39 is 0 Å². The summed E-state index contributed by atoms with van der Waals surface area (Å²) >= 11 is 0. The lowest BCUT2D eigenvalue weighted by Crippen LogP contribution is -2.04. The number of hydrogen-bond acceptors (Lipinski definition) is 2. The molecule has 0 atom stereocenters. The quantitative estimate of drug-likeness (QED) is 0.238. The van der Waals surface area contributed by atoms with Crippen molar-refractivity contribution in [2.45, 2.75) is 13.1 Å². The van der Waals surface area contributed by atoms with Crippen LogP contribution in [-0.4, -0.2) is 19.1 Å². The van der Waals surface area contributed by atoms with Gasteiger partial charge in [0.2, 0.25) is 0 Å². The monoisotopic (exact) mass is 490 g/mol. The van der Waals surface area contributed by atoms with Gasteiger partial charge in [0.25, 0.3) is 0 Å². The van der Waals surface area contributed by atoms with Crippen LogP contribution in [0.2, 0.25) is 0 Å². The van der Waals surface area contributed by atoms with Crippen LogP contribution < -0.4 is 0 Å². The standard InChI is InChI=1S/C34H26N4/c1-3-11-27(12-4-1)33-35-29-15-7-9-17-31(29)37(33)23-25-19-21-26(22-20-25)24-38-32-18-10-8-16-30(32)36-34(38)28-13-5-2-6-14-28/h1-22H,23-24H2. The molecule has 0 bridgehead atoms. The van der Waals surface area contributed by atoms with Crippen molar-refractivity contribution < 1.29 is 0 Å². The molecule has 7 aromatic rings. The fourth-order valence-electron chi connectivity index (χ4n) is 5.20. The lowest BCUT2D eigenvalue weighted by molar-refractivity contribution is 0.820. The van der Waals surface area contributed by atoms with Crippen molar-refractivity contribution >= 4 is 22.1 Å². The number of nitrogens with zero attached hydrogens (tertiary/aromatic N) is 4. The molecule has 0 unspecified atom stereocenters. The molecule has 4 heteroatoms. The van der Waals surface area contributed by atoms with Gasteiger partial charge in [-0.1, -0.05) is 109 Å². The van der Waals surface area contributed by atoms with E-state index in [-0.39, 0.29) is 0 Å². The maximum atomic E-state index is 4.97. The third-order valence-corrected chi connectivity index (χ3v) is 7.08. The molecule has 0 saturated heterocycles. The third-order valence-electron chi connectivity index (χ3n) is 7.08. The third kappa shape index (κ3) is 4.06. The first-order valence-electron chi connectivity index (χ1n) is 12.9. The van der Waals surface area contributed by atoms with Gasteiger partial charge in [-0.25, -0.2) is 9.97 Å². The van der Waals surface area contributed by atoms with Gasteiger partial charge in [0.15, 0.2) is 0 Å². The molecular formula is C34H26N4. The average molecular weight is 491 g/mol. The summed E-state index contributed by atoms with van der Waals surface area (Å²) in [4.78, 5) is 9.93. The highest BCUT2D eigenvalue weighted by Crippen LogP contribution is 2.28. The van der Waals surface area contributed by atoms with Crippen LogP contribution in [0.3, 0.4) is 0 Å². The van der Waals surface area contributed by atoms with Crippen molar-refractivity contribution in [1.29, 1.82) is 0 Å². The highest BCUT2D eigenvalue weighted by atomic mass is 15.1. The van der Waals surface area contributed by atoms with Crippen molar-refractivity contribution in [1.82, 2.24) is 19.1 Å². The molecule has 0 fully saturated rings. The molecule has 0 radical (unpaired) electrons. The number of hydrogen-bond donors (Lipinski definition) is 0. The molecule has 5 aromatic carbocycles. The fraction of sp³-hybridized carbons (Fsp3) is 0.0588. The zero-order valence-electron chi connectivity index (χ0n) is 20.9. The van der Waals surface area contributed by atoms with Crippen LogP contribution in [0.15, 0.2) is 133 Å². The first kappa shape index (κ1) is 22.3. The molecule has 0 aliphatic rings. The van der Waals surface area contributed by atoms with Crippen molar-refractivity contribution in [3.05, 3.63) is 145 Å². The molecule has 2 aromatic heterocycles. The van der Waals surface area contributed by atoms with E-state index in [1.807, 2.05) is 24.3 Å². The maximum Gasteiger partial charge on any atom is 0.141 e. The maximum absolute atomic E-state index is 4.97. The number of benzene rings is 5. The minimum atomic E-state index is 0.758. The van der Waals surface area contributed by atoms with Crippen LogP contribution in [0.1, 0.15) is 11.1 Å². The summed E-state index contributed by atoms with van der Waals surface area (Å²) in [6, 6.07) is 46.5. The van der Waals surface area contributed by atoms with Crippen molar-refractivity contribution in [2.75, 3.05) is 0 Å². The van der Waals surface area contributed by atoms with E-state index in [0.29, 0.717) is 0 Å². The summed E-state index contributed by atoms with van der Waals surface area (Å²) in [5.74, 6) is 1.99. The Kier molecular flexibility index (Phi) is 5.56. The molecule has 0 spiro atoms. The number of para-hydroxylation sites is 4. The second-order valence-corrected chi connectivity index (χ2v) is 9.57. The van der Waals surface area contributed by atoms with Gasteiger partial charge in [-0.2, -0.15) is 0 Å². The van der Waals surface area contributed by atoms with Crippen LogP contribution in [0.5, 0.6) is 0 Å². The number of rotatable bonds is 6. The first-order chi connectivity index (χ1) is 18.8. The summed E-state index contributed by atoms with van der Waals surface area (Å²) in [6.45, 7) is 1.52. The Morgan fingerprint density at radius 2 is 0.763 bits per heavy atom. The Hall–Kier alpha value is -4.96. The lowest BCUT2D eigenvalue weighted by Gasteiger charge is -2.12. The minimum Gasteiger partial charge on any atom is -0.319 e. The van der Waals surface area contributed by atoms with Crippen molar-refractivity contribution in [3.63, 3.8) is 0 Å². The van der Waals surface area contributed by atoms with E-state index >= 15 is 0 Å². The fourth-order valence-corrected chi connectivity index (χ4v) is 5.20. The van der Waals surface area contributed by atoms with E-state index in [1.165, 1.54) is 11.1 Å². The minimum absolute atomic E-state index is 0.758. The molecule has 0 aliphatic heterocycles. The smallest absolute Gasteiger partial charge is 0.141 e. The van der Waals surface area contributed by atoms with Gasteiger partial charge in [-0.15, -0.1) is 0 Å². The second kappa shape index (κ2) is 9.49. The normalized spacial score (nSPS) is 11.4. The van der Waals surface area contributed by atoms with Gasteiger partial charge in [0.05, 0.1) is 22.1 Å². The first-order valence-corrected chi connectivity index (χ1v) is 12.9. The Morgan fingerprint density at radius 1 is 0.395 bits per heavy atom. The Labute approximate surface area is 221 Å². The largest absolute Gasteiger partial charge is 0.319 e. The van der Waals surface area contributed by atoms with E-state index in [4.69, 9.17) is 9.97 Å². The Bertz CT molecular complexity index is 1710. The summed E-state index contributed by atoms with van der Waals surface area (Å²) in [5, 5.41) is 0. The summed E-state index contributed by atoms with van der Waals surface area (Å²) in [6.07, 6.45) is 0. The van der Waals surface area contributed by atoms with E-state index in [1.54, 1.807) is 0 Å². The second-order valence-electron chi connectivity index (χ2n) is 9.57. The number of aromatic nitrogens is 4. The molecule has 7 rings (SSSR count). The highest BCUT2D eigenvalue weighted by molar-refractivity contribution is 5.81. The van der Waals surface area contributed by atoms with Crippen LogP contribution in [0.25, 0.3) is 44.8 Å². The molecule has 4 nitrogen and oxygen atoms in total. The molecule has 0 amide bonds. The highest BCUT2D eigenvalue weighted by Gasteiger charge is 2.14. The zero-order chi connectivity index (χ0) is 25.3. The van der Waals surface area contributed by atoms with Crippen LogP contribution in [-0.2, 0) is 13.1 Å². The zero-order valence-corrected chi connectivity index (χ0v) is 20.9. The van der Waals surface area contributed by atoms with E-state index in [2.05, 4.69) is 118 Å². The van der Waals surface area contributed by atoms with Gasteiger partial charge in [-0.05, 0) is 35.4 Å². The molecule has 0 N–H and O–H groups in total. The van der Waals surface area contributed by atoms with Gasteiger partial charge in [0.1, 0.15) is 11.6 Å². The predicted octanol–water partition coefficient (Wildman–Crippen LogP) is 7.82. The van der Waals surface area contributed by atoms with Crippen LogP contribution >= 0.6 is 0 Å². The van der Waals surface area contributed by atoms with E-state index in [9.17, 15) is 0 Å². The summed E-state index contributed by atoms with van der Waals surface area (Å²) in [7, 11) is 0.